The average molecular weight is 213 g/mol. The zero-order chi connectivity index (χ0) is 11.3. The van der Waals surface area contributed by atoms with Gasteiger partial charge in [0.05, 0.1) is 7.11 Å². The summed E-state index contributed by atoms with van der Waals surface area (Å²) in [6.45, 7) is 1.68. The largest absolute Gasteiger partial charge is 0.497 e. The molecule has 0 heterocycles. The number of anilines is 1. The van der Waals surface area contributed by atoms with Crippen LogP contribution in [0.3, 0.4) is 0 Å². The van der Waals surface area contributed by atoms with Crippen molar-refractivity contribution in [2.75, 3.05) is 12.4 Å². The van der Waals surface area contributed by atoms with Crippen LogP contribution >= 0.6 is 0 Å². The lowest BCUT2D eigenvalue weighted by Crippen LogP contribution is -2.29. The first-order chi connectivity index (χ1) is 7.17. The summed E-state index contributed by atoms with van der Waals surface area (Å²) in [5.41, 5.74) is 0.666. The molecule has 15 heavy (non-hydrogen) atoms. The van der Waals surface area contributed by atoms with Crippen molar-refractivity contribution in [1.82, 2.24) is 0 Å². The van der Waals surface area contributed by atoms with Crippen molar-refractivity contribution in [3.05, 3.63) is 24.3 Å². The highest BCUT2D eigenvalue weighted by Gasteiger charge is 2.15. The predicted octanol–water partition coefficient (Wildman–Crippen LogP) is 2.17. The molecule has 0 spiro atoms. The molecule has 0 saturated carbocycles. The fraction of sp³-hybridized carbons (Fsp3) is 0.455. The number of aliphatic hydroxyl groups excluding tert-OH is 1. The van der Waals surface area contributed by atoms with Crippen LogP contribution < -0.4 is 10.1 Å². The first-order valence-corrected chi connectivity index (χ1v) is 4.90. The van der Waals surface area contributed by atoms with Crippen LogP contribution in [-0.4, -0.2) is 24.6 Å². The summed E-state index contributed by atoms with van der Waals surface area (Å²) in [6, 6.07) is 6.94. The Morgan fingerprint density at radius 1 is 1.40 bits per heavy atom. The van der Waals surface area contributed by atoms with E-state index in [4.69, 9.17) is 4.74 Å². The van der Waals surface area contributed by atoms with Crippen molar-refractivity contribution in [2.24, 2.45) is 0 Å². The Morgan fingerprint density at radius 3 is 2.47 bits per heavy atom. The van der Waals surface area contributed by atoms with E-state index in [1.807, 2.05) is 0 Å². The second-order valence-electron chi connectivity index (χ2n) is 3.24. The van der Waals surface area contributed by atoms with Gasteiger partial charge in [-0.25, -0.2) is 4.39 Å². The van der Waals surface area contributed by atoms with Gasteiger partial charge in [-0.05, 0) is 30.7 Å². The number of hydrogen-bond donors (Lipinski definition) is 2. The molecule has 0 aliphatic rings. The Bertz CT molecular complexity index is 289. The van der Waals surface area contributed by atoms with Gasteiger partial charge in [-0.2, -0.15) is 0 Å². The molecule has 0 bridgehead atoms. The third-order valence-corrected chi connectivity index (χ3v) is 2.14. The van der Waals surface area contributed by atoms with Gasteiger partial charge >= 0.3 is 0 Å². The van der Waals surface area contributed by atoms with E-state index in [0.29, 0.717) is 5.69 Å². The highest BCUT2D eigenvalue weighted by atomic mass is 19.1. The van der Waals surface area contributed by atoms with Gasteiger partial charge < -0.3 is 15.2 Å². The lowest BCUT2D eigenvalue weighted by Gasteiger charge is -2.17. The molecule has 1 aromatic carbocycles. The van der Waals surface area contributed by atoms with Crippen molar-refractivity contribution in [2.45, 2.75) is 25.7 Å². The lowest BCUT2D eigenvalue weighted by molar-refractivity contribution is 0.0979. The molecular formula is C11H16FNO2. The Balaban J connectivity index is 2.57. The van der Waals surface area contributed by atoms with E-state index in [2.05, 4.69) is 5.32 Å². The fourth-order valence-corrected chi connectivity index (χ4v) is 1.17. The van der Waals surface area contributed by atoms with Gasteiger partial charge in [0.25, 0.3) is 0 Å². The smallest absolute Gasteiger partial charge is 0.156 e. The molecule has 2 N–H and O–H groups in total. The van der Waals surface area contributed by atoms with E-state index >= 15 is 0 Å². The van der Waals surface area contributed by atoms with E-state index in [1.165, 1.54) is 0 Å². The third-order valence-electron chi connectivity index (χ3n) is 2.14. The zero-order valence-electron chi connectivity index (χ0n) is 8.90. The number of aliphatic hydroxyl groups is 1. The highest BCUT2D eigenvalue weighted by Crippen LogP contribution is 2.16. The Kier molecular flexibility index (Phi) is 4.37. The zero-order valence-corrected chi connectivity index (χ0v) is 8.90. The summed E-state index contributed by atoms with van der Waals surface area (Å²) >= 11 is 0. The molecule has 1 rings (SSSR count). The van der Waals surface area contributed by atoms with Crippen molar-refractivity contribution in [3.8, 4) is 5.75 Å². The van der Waals surface area contributed by atoms with Crippen LogP contribution in [0.2, 0.25) is 0 Å². The minimum atomic E-state index is -1.26. The number of alkyl halides is 1. The molecular weight excluding hydrogens is 197 g/mol. The predicted molar refractivity (Wildman–Crippen MR) is 57.8 cm³/mol. The fourth-order valence-electron chi connectivity index (χ4n) is 1.17. The maximum atomic E-state index is 13.0. The van der Waals surface area contributed by atoms with E-state index < -0.39 is 12.4 Å². The van der Waals surface area contributed by atoms with Crippen LogP contribution in [0.5, 0.6) is 5.75 Å². The second-order valence-corrected chi connectivity index (χ2v) is 3.24. The van der Waals surface area contributed by atoms with Crippen molar-refractivity contribution in [1.29, 1.82) is 0 Å². The molecule has 0 saturated heterocycles. The maximum Gasteiger partial charge on any atom is 0.156 e. The van der Waals surface area contributed by atoms with Gasteiger partial charge in [-0.15, -0.1) is 0 Å². The van der Waals surface area contributed by atoms with E-state index in [1.54, 1.807) is 38.3 Å². The second kappa shape index (κ2) is 5.56. The molecule has 0 amide bonds. The van der Waals surface area contributed by atoms with Gasteiger partial charge in [0, 0.05) is 5.69 Å². The van der Waals surface area contributed by atoms with Gasteiger partial charge in [0.1, 0.15) is 11.9 Å². The van der Waals surface area contributed by atoms with Crippen LogP contribution in [0.4, 0.5) is 10.1 Å². The van der Waals surface area contributed by atoms with E-state index in [-0.39, 0.29) is 6.42 Å². The van der Waals surface area contributed by atoms with E-state index in [0.717, 1.165) is 5.75 Å². The highest BCUT2D eigenvalue weighted by molar-refractivity contribution is 5.46. The molecule has 2 atom stereocenters. The monoisotopic (exact) mass is 213 g/mol. The van der Waals surface area contributed by atoms with Crippen LogP contribution in [0, 0.1) is 0 Å². The number of benzene rings is 1. The number of halogens is 1. The Labute approximate surface area is 88.9 Å². The molecule has 4 heteroatoms. The normalized spacial score (nSPS) is 14.4. The number of nitrogens with one attached hydrogen (secondary N) is 1. The summed E-state index contributed by atoms with van der Waals surface area (Å²) in [4.78, 5) is 0. The summed E-state index contributed by atoms with van der Waals surface area (Å²) in [7, 11) is 1.58. The van der Waals surface area contributed by atoms with Crippen LogP contribution in [-0.2, 0) is 0 Å². The number of methoxy groups -OCH3 is 1. The first kappa shape index (κ1) is 11.8. The molecule has 0 aromatic heterocycles. The van der Waals surface area contributed by atoms with Gasteiger partial charge in [0.2, 0.25) is 0 Å². The molecule has 2 unspecified atom stereocenters. The Hall–Kier alpha value is -1.29. The summed E-state index contributed by atoms with van der Waals surface area (Å²) < 4.78 is 18.0. The topological polar surface area (TPSA) is 41.5 Å². The SMILES string of the molecule is CCC(F)C(O)Nc1ccc(OC)cc1. The maximum absolute atomic E-state index is 13.0. The van der Waals surface area contributed by atoms with Gasteiger partial charge in [-0.3, -0.25) is 0 Å². The quantitative estimate of drug-likeness (QED) is 0.736. The molecule has 0 aliphatic heterocycles. The van der Waals surface area contributed by atoms with Crippen LogP contribution in [0.25, 0.3) is 0 Å². The molecule has 84 valence electrons. The number of ether oxygens (including phenoxy) is 1. The summed E-state index contributed by atoms with van der Waals surface area (Å²) in [5, 5.41) is 12.0. The van der Waals surface area contributed by atoms with Crippen LogP contribution in [0.1, 0.15) is 13.3 Å². The minimum absolute atomic E-state index is 0.282. The minimum Gasteiger partial charge on any atom is -0.497 e. The van der Waals surface area contributed by atoms with Crippen LogP contribution in [0.15, 0.2) is 24.3 Å². The molecule has 0 aliphatic carbocycles. The van der Waals surface area contributed by atoms with Crippen molar-refractivity contribution >= 4 is 5.69 Å². The van der Waals surface area contributed by atoms with Crippen molar-refractivity contribution in [3.63, 3.8) is 0 Å². The van der Waals surface area contributed by atoms with E-state index in [9.17, 15) is 9.50 Å². The third kappa shape index (κ3) is 3.40. The summed E-state index contributed by atoms with van der Waals surface area (Å²) in [5.74, 6) is 0.724. The van der Waals surface area contributed by atoms with Crippen molar-refractivity contribution < 1.29 is 14.2 Å². The van der Waals surface area contributed by atoms with Gasteiger partial charge in [-0.1, -0.05) is 6.92 Å². The Morgan fingerprint density at radius 2 is 2.00 bits per heavy atom. The molecule has 0 radical (unpaired) electrons. The first-order valence-electron chi connectivity index (χ1n) is 4.90. The molecule has 3 nitrogen and oxygen atoms in total. The average Bonchev–Trinajstić information content (AvgIpc) is 2.29. The standard InChI is InChI=1S/C11H16FNO2/c1-3-10(12)11(14)13-8-4-6-9(15-2)7-5-8/h4-7,10-11,13-14H,3H2,1-2H3. The van der Waals surface area contributed by atoms with Gasteiger partial charge in [0.15, 0.2) is 6.23 Å². The molecule has 0 fully saturated rings. The summed E-state index contributed by atoms with van der Waals surface area (Å²) in [6.07, 6.45) is -2.14. The number of rotatable bonds is 5. The lowest BCUT2D eigenvalue weighted by atomic mass is 10.2. The molecule has 1 aromatic rings. The number of hydrogen-bond acceptors (Lipinski definition) is 3.